The third kappa shape index (κ3) is 4.06. The number of nitrogens with one attached hydrogen (secondary N) is 1. The molecule has 1 heterocycles. The average molecular weight is 237 g/mol. The van der Waals surface area contributed by atoms with Crippen LogP contribution in [0.3, 0.4) is 0 Å². The summed E-state index contributed by atoms with van der Waals surface area (Å²) in [5, 5.41) is 21.3. The summed E-state index contributed by atoms with van der Waals surface area (Å²) >= 11 is 0. The summed E-state index contributed by atoms with van der Waals surface area (Å²) in [6, 6.07) is 1.39. The fraction of sp³-hybridized carbons (Fsp3) is 0.400. The van der Waals surface area contributed by atoms with Gasteiger partial charge >= 0.3 is 0 Å². The molecule has 7 heteroatoms. The number of hydrogen-bond donors (Lipinski definition) is 3. The molecule has 7 nitrogen and oxygen atoms in total. The van der Waals surface area contributed by atoms with E-state index in [0.29, 0.717) is 18.4 Å². The zero-order valence-corrected chi connectivity index (χ0v) is 9.50. The molecular formula is C10H15N5O2. The molecule has 17 heavy (non-hydrogen) atoms. The molecule has 0 saturated heterocycles. The van der Waals surface area contributed by atoms with Crippen molar-refractivity contribution in [2.75, 3.05) is 0 Å². The zero-order chi connectivity index (χ0) is 12.7. The van der Waals surface area contributed by atoms with E-state index < -0.39 is 0 Å². The second-order valence-electron chi connectivity index (χ2n) is 3.51. The van der Waals surface area contributed by atoms with E-state index in [1.807, 2.05) is 6.92 Å². The number of amidine groups is 1. The highest BCUT2D eigenvalue weighted by atomic mass is 16.4. The van der Waals surface area contributed by atoms with Crippen molar-refractivity contribution in [1.29, 1.82) is 0 Å². The van der Waals surface area contributed by atoms with Crippen LogP contribution in [0.1, 0.15) is 30.1 Å². The second kappa shape index (κ2) is 6.41. The molecule has 0 radical (unpaired) electrons. The maximum absolute atomic E-state index is 11.8. The summed E-state index contributed by atoms with van der Waals surface area (Å²) in [6.07, 6.45) is 3.81. The van der Waals surface area contributed by atoms with E-state index >= 15 is 0 Å². The van der Waals surface area contributed by atoms with E-state index in [1.165, 1.54) is 12.4 Å². The van der Waals surface area contributed by atoms with Crippen LogP contribution in [0.5, 0.6) is 0 Å². The van der Waals surface area contributed by atoms with E-state index in [4.69, 9.17) is 10.9 Å². The van der Waals surface area contributed by atoms with Gasteiger partial charge in [0.05, 0.1) is 18.0 Å². The lowest BCUT2D eigenvalue weighted by atomic mass is 10.1. The Morgan fingerprint density at radius 3 is 2.94 bits per heavy atom. The van der Waals surface area contributed by atoms with Crippen LogP contribution in [0, 0.1) is 0 Å². The first-order chi connectivity index (χ1) is 8.17. The molecule has 1 amide bonds. The van der Waals surface area contributed by atoms with Crippen molar-refractivity contribution in [3.8, 4) is 0 Å². The molecule has 1 aromatic rings. The van der Waals surface area contributed by atoms with Crippen molar-refractivity contribution in [2.45, 2.75) is 25.8 Å². The normalized spacial score (nSPS) is 13.1. The summed E-state index contributed by atoms with van der Waals surface area (Å²) in [7, 11) is 0. The molecule has 0 bridgehead atoms. The number of oxime groups is 1. The van der Waals surface area contributed by atoms with E-state index in [-0.39, 0.29) is 17.8 Å². The van der Waals surface area contributed by atoms with Crippen molar-refractivity contribution >= 4 is 11.7 Å². The summed E-state index contributed by atoms with van der Waals surface area (Å²) in [5.74, 6) is -0.164. The summed E-state index contributed by atoms with van der Waals surface area (Å²) in [5.41, 5.74) is 5.82. The second-order valence-corrected chi connectivity index (χ2v) is 3.51. The van der Waals surface area contributed by atoms with Gasteiger partial charge in [0.15, 0.2) is 0 Å². The van der Waals surface area contributed by atoms with Crippen molar-refractivity contribution in [2.24, 2.45) is 10.9 Å². The Morgan fingerprint density at radius 2 is 2.41 bits per heavy atom. The van der Waals surface area contributed by atoms with E-state index in [1.54, 1.807) is 6.07 Å². The highest BCUT2D eigenvalue weighted by Crippen LogP contribution is 2.01. The monoisotopic (exact) mass is 237 g/mol. The predicted octanol–water partition coefficient (Wildman–Crippen LogP) is 0.122. The Hall–Kier alpha value is -2.18. The van der Waals surface area contributed by atoms with Crippen LogP contribution in [-0.2, 0) is 0 Å². The van der Waals surface area contributed by atoms with Crippen molar-refractivity contribution in [3.63, 3.8) is 0 Å². The Labute approximate surface area is 98.7 Å². The number of nitrogens with zero attached hydrogens (tertiary/aromatic N) is 3. The number of rotatable bonds is 5. The highest BCUT2D eigenvalue weighted by molar-refractivity contribution is 5.94. The van der Waals surface area contributed by atoms with Crippen LogP contribution in [0.25, 0.3) is 0 Å². The molecule has 92 valence electrons. The number of carbonyl (C=O) groups is 1. The highest BCUT2D eigenvalue weighted by Gasteiger charge is 2.13. The largest absolute Gasteiger partial charge is 0.409 e. The van der Waals surface area contributed by atoms with E-state index in [9.17, 15) is 4.79 Å². The van der Waals surface area contributed by atoms with Crippen molar-refractivity contribution in [3.05, 3.63) is 24.0 Å². The van der Waals surface area contributed by atoms with Crippen LogP contribution in [-0.4, -0.2) is 33.2 Å². The van der Waals surface area contributed by atoms with Gasteiger partial charge in [-0.15, -0.1) is 0 Å². The van der Waals surface area contributed by atoms with Crippen LogP contribution in [0.4, 0.5) is 0 Å². The van der Waals surface area contributed by atoms with Gasteiger partial charge in [0.25, 0.3) is 5.91 Å². The summed E-state index contributed by atoms with van der Waals surface area (Å²) in [6.45, 7) is 1.90. The van der Waals surface area contributed by atoms with E-state index in [2.05, 4.69) is 20.7 Å². The maximum Gasteiger partial charge on any atom is 0.253 e. The number of nitrogens with two attached hydrogens (primary N) is 1. The van der Waals surface area contributed by atoms with Gasteiger partial charge in [0, 0.05) is 12.5 Å². The Balaban J connectivity index is 2.60. The molecule has 0 fully saturated rings. The fourth-order valence-corrected chi connectivity index (χ4v) is 1.28. The fourth-order valence-electron chi connectivity index (χ4n) is 1.28. The minimum atomic E-state index is -0.252. The molecule has 0 aliphatic heterocycles. The van der Waals surface area contributed by atoms with Crippen molar-refractivity contribution < 1.29 is 10.0 Å². The number of carbonyl (C=O) groups excluding carboxylic acids is 1. The van der Waals surface area contributed by atoms with Gasteiger partial charge in [-0.25, -0.2) is 0 Å². The topological polar surface area (TPSA) is 113 Å². The number of hydrogen-bond acceptors (Lipinski definition) is 5. The summed E-state index contributed by atoms with van der Waals surface area (Å²) < 4.78 is 0. The molecule has 0 aromatic carbocycles. The molecule has 1 aromatic heterocycles. The molecule has 4 N–H and O–H groups in total. The third-order valence-electron chi connectivity index (χ3n) is 2.26. The number of amides is 1. The summed E-state index contributed by atoms with van der Waals surface area (Å²) in [4.78, 5) is 11.8. The van der Waals surface area contributed by atoms with Crippen LogP contribution < -0.4 is 11.1 Å². The van der Waals surface area contributed by atoms with Gasteiger partial charge in [-0.3, -0.25) is 4.79 Å². The Morgan fingerprint density at radius 1 is 1.65 bits per heavy atom. The minimum absolute atomic E-state index is 0.0880. The molecule has 1 unspecified atom stereocenters. The first-order valence-electron chi connectivity index (χ1n) is 5.21. The number of aromatic nitrogens is 2. The molecule has 0 aliphatic carbocycles. The zero-order valence-electron chi connectivity index (χ0n) is 9.50. The van der Waals surface area contributed by atoms with Gasteiger partial charge in [-0.1, -0.05) is 12.1 Å². The Bertz CT molecular complexity index is 393. The quantitative estimate of drug-likeness (QED) is 0.291. The lowest BCUT2D eigenvalue weighted by molar-refractivity contribution is 0.0936. The average Bonchev–Trinajstić information content (AvgIpc) is 2.38. The minimum Gasteiger partial charge on any atom is -0.409 e. The van der Waals surface area contributed by atoms with Crippen LogP contribution in [0.2, 0.25) is 0 Å². The van der Waals surface area contributed by atoms with Gasteiger partial charge in [-0.05, 0) is 12.5 Å². The molecule has 1 rings (SSSR count). The van der Waals surface area contributed by atoms with Gasteiger partial charge in [0.1, 0.15) is 5.84 Å². The first-order valence-corrected chi connectivity index (χ1v) is 5.21. The smallest absolute Gasteiger partial charge is 0.253 e. The lowest BCUT2D eigenvalue weighted by Gasteiger charge is -2.15. The van der Waals surface area contributed by atoms with Gasteiger partial charge < -0.3 is 16.3 Å². The SMILES string of the molecule is CCC(C/C(N)=N/O)NC(=O)c1ccnnc1. The van der Waals surface area contributed by atoms with Crippen LogP contribution in [0.15, 0.2) is 23.6 Å². The van der Waals surface area contributed by atoms with E-state index in [0.717, 1.165) is 0 Å². The van der Waals surface area contributed by atoms with Crippen LogP contribution >= 0.6 is 0 Å². The standard InChI is InChI=1S/C10H15N5O2/c1-2-8(5-9(11)15-17)14-10(16)7-3-4-12-13-6-7/h3-4,6,8,17H,2,5H2,1H3,(H2,11,15)(H,14,16). The van der Waals surface area contributed by atoms with Gasteiger partial charge in [-0.2, -0.15) is 10.2 Å². The van der Waals surface area contributed by atoms with Gasteiger partial charge in [0.2, 0.25) is 0 Å². The maximum atomic E-state index is 11.8. The third-order valence-corrected chi connectivity index (χ3v) is 2.26. The molecule has 0 aliphatic rings. The molecule has 0 saturated carbocycles. The predicted molar refractivity (Wildman–Crippen MR) is 61.6 cm³/mol. The lowest BCUT2D eigenvalue weighted by Crippen LogP contribution is -2.37. The molecule has 0 spiro atoms. The molecule has 1 atom stereocenters. The Kier molecular flexibility index (Phi) is 4.86. The van der Waals surface area contributed by atoms with Crippen molar-refractivity contribution in [1.82, 2.24) is 15.5 Å². The molecular weight excluding hydrogens is 222 g/mol. The first kappa shape index (κ1) is 12.9.